The summed E-state index contributed by atoms with van der Waals surface area (Å²) in [6.07, 6.45) is 0.559. The molecule has 1 aliphatic heterocycles. The first-order valence-corrected chi connectivity index (χ1v) is 11.1. The quantitative estimate of drug-likeness (QED) is 0.211. The molecule has 4 rings (SSSR count). The van der Waals surface area contributed by atoms with Crippen molar-refractivity contribution < 1.29 is 23.8 Å². The maximum absolute atomic E-state index is 12.5. The Hall–Kier alpha value is -3.17. The number of ether oxygens (including phenoxy) is 3. The predicted octanol–water partition coefficient (Wildman–Crippen LogP) is 4.72. The second kappa shape index (κ2) is 9.97. The number of hydrogen-bond donors (Lipinski definition) is 1. The number of halogens is 2. The van der Waals surface area contributed by atoms with Crippen LogP contribution in [0.25, 0.3) is 0 Å². The molecular formula is C23H16Br2N2O5. The number of hydrogen-bond acceptors (Lipinski definition) is 6. The molecule has 0 aliphatic carbocycles. The Morgan fingerprint density at radius 1 is 1.00 bits per heavy atom. The van der Waals surface area contributed by atoms with E-state index in [1.54, 1.807) is 60.7 Å². The summed E-state index contributed by atoms with van der Waals surface area (Å²) in [5.41, 5.74) is 3.34. The summed E-state index contributed by atoms with van der Waals surface area (Å²) in [4.78, 5) is 24.9. The van der Waals surface area contributed by atoms with Gasteiger partial charge in [-0.1, -0.05) is 44.0 Å². The minimum absolute atomic E-state index is 0.0747. The van der Waals surface area contributed by atoms with Crippen LogP contribution in [0.3, 0.4) is 0 Å². The number of carbonyl (C=O) groups excluding carboxylic acids is 2. The van der Waals surface area contributed by atoms with Crippen molar-refractivity contribution in [3.05, 3.63) is 86.8 Å². The molecule has 0 spiro atoms. The van der Waals surface area contributed by atoms with E-state index in [-0.39, 0.29) is 6.61 Å². The van der Waals surface area contributed by atoms with E-state index in [0.717, 1.165) is 8.95 Å². The smallest absolute Gasteiger partial charge is 0.343 e. The van der Waals surface area contributed by atoms with E-state index in [1.165, 1.54) is 6.21 Å². The first-order chi connectivity index (χ1) is 15.5. The van der Waals surface area contributed by atoms with Crippen LogP contribution in [-0.2, 0) is 4.79 Å². The first-order valence-electron chi connectivity index (χ1n) is 9.48. The lowest BCUT2D eigenvalue weighted by atomic mass is 10.2. The van der Waals surface area contributed by atoms with Crippen LogP contribution in [0.5, 0.6) is 17.2 Å². The number of fused-ring (bicyclic) bond motifs is 1. The summed E-state index contributed by atoms with van der Waals surface area (Å²) >= 11 is 6.71. The van der Waals surface area contributed by atoms with Gasteiger partial charge in [0.2, 0.25) is 6.10 Å². The number of rotatable bonds is 5. The molecule has 9 heteroatoms. The highest BCUT2D eigenvalue weighted by atomic mass is 79.9. The van der Waals surface area contributed by atoms with Crippen LogP contribution >= 0.6 is 31.9 Å². The van der Waals surface area contributed by atoms with Gasteiger partial charge in [-0.15, -0.1) is 0 Å². The van der Waals surface area contributed by atoms with Gasteiger partial charge in [-0.2, -0.15) is 5.10 Å². The van der Waals surface area contributed by atoms with Crippen LogP contribution in [-0.4, -0.2) is 30.8 Å². The Morgan fingerprint density at radius 2 is 1.72 bits per heavy atom. The fraction of sp³-hybridized carbons (Fsp3) is 0.0870. The zero-order chi connectivity index (χ0) is 22.5. The largest absolute Gasteiger partial charge is 0.485 e. The molecule has 0 radical (unpaired) electrons. The highest BCUT2D eigenvalue weighted by Gasteiger charge is 2.27. The van der Waals surface area contributed by atoms with Crippen molar-refractivity contribution in [3.63, 3.8) is 0 Å². The zero-order valence-corrected chi connectivity index (χ0v) is 19.6. The highest BCUT2D eigenvalue weighted by molar-refractivity contribution is 9.10. The molecule has 1 amide bonds. The van der Waals surface area contributed by atoms with E-state index >= 15 is 0 Å². The number of nitrogens with zero attached hydrogens (tertiary/aromatic N) is 1. The molecule has 0 saturated carbocycles. The summed E-state index contributed by atoms with van der Waals surface area (Å²) in [7, 11) is 0. The molecule has 1 aliphatic rings. The Bertz CT molecular complexity index is 1180. The number of esters is 1. The fourth-order valence-corrected chi connectivity index (χ4v) is 3.49. The maximum Gasteiger partial charge on any atom is 0.343 e. The Kier molecular flexibility index (Phi) is 6.87. The van der Waals surface area contributed by atoms with E-state index in [4.69, 9.17) is 14.2 Å². The lowest BCUT2D eigenvalue weighted by Gasteiger charge is -2.24. The molecular weight excluding hydrogens is 544 g/mol. The van der Waals surface area contributed by atoms with E-state index in [0.29, 0.717) is 28.4 Å². The summed E-state index contributed by atoms with van der Waals surface area (Å²) in [6.45, 7) is 0.0747. The van der Waals surface area contributed by atoms with Gasteiger partial charge in [0.05, 0.1) is 11.8 Å². The SMILES string of the molecule is O=C(Oc1ccc(Br)cc1/C=N/NC(=O)C1COc2ccccc2O1)c1ccc(Br)cc1. The van der Waals surface area contributed by atoms with Crippen LogP contribution < -0.4 is 19.6 Å². The van der Waals surface area contributed by atoms with E-state index in [9.17, 15) is 9.59 Å². The van der Waals surface area contributed by atoms with Crippen molar-refractivity contribution in [2.75, 3.05) is 6.61 Å². The number of hydrazone groups is 1. The van der Waals surface area contributed by atoms with E-state index in [1.807, 2.05) is 6.07 Å². The third kappa shape index (κ3) is 5.35. The number of nitrogens with one attached hydrogen (secondary N) is 1. The molecule has 0 saturated heterocycles. The molecule has 1 heterocycles. The van der Waals surface area contributed by atoms with E-state index in [2.05, 4.69) is 42.4 Å². The van der Waals surface area contributed by atoms with E-state index < -0.39 is 18.0 Å². The molecule has 162 valence electrons. The normalized spacial score (nSPS) is 14.8. The molecule has 0 bridgehead atoms. The minimum Gasteiger partial charge on any atom is -0.485 e. The van der Waals surface area contributed by atoms with Gasteiger partial charge in [0.25, 0.3) is 5.91 Å². The molecule has 32 heavy (non-hydrogen) atoms. The molecule has 1 N–H and O–H groups in total. The maximum atomic E-state index is 12.5. The van der Waals surface area contributed by atoms with Gasteiger partial charge in [-0.3, -0.25) is 4.79 Å². The average molecular weight is 560 g/mol. The molecule has 0 fully saturated rings. The van der Waals surface area contributed by atoms with Gasteiger partial charge in [0, 0.05) is 14.5 Å². The second-order valence-electron chi connectivity index (χ2n) is 6.68. The standard InChI is InChI=1S/C23H16Br2N2O5/c24-16-7-5-14(6-8-16)23(29)32-18-10-9-17(25)11-15(18)12-26-27-22(28)21-13-30-19-3-1-2-4-20(19)31-21/h1-12,21H,13H2,(H,27,28)/b26-12+. The van der Waals surface area contributed by atoms with Gasteiger partial charge >= 0.3 is 5.97 Å². The lowest BCUT2D eigenvalue weighted by Crippen LogP contribution is -2.42. The topological polar surface area (TPSA) is 86.2 Å². The Balaban J connectivity index is 1.42. The average Bonchev–Trinajstić information content (AvgIpc) is 2.80. The molecule has 3 aromatic carbocycles. The number of carbonyl (C=O) groups is 2. The zero-order valence-electron chi connectivity index (χ0n) is 16.5. The number of para-hydroxylation sites is 2. The van der Waals surface area contributed by atoms with Crippen molar-refractivity contribution in [1.82, 2.24) is 5.43 Å². The summed E-state index contributed by atoms with van der Waals surface area (Å²) < 4.78 is 18.3. The summed E-state index contributed by atoms with van der Waals surface area (Å²) in [6, 6.07) is 19.0. The van der Waals surface area contributed by atoms with Gasteiger partial charge < -0.3 is 14.2 Å². The predicted molar refractivity (Wildman–Crippen MR) is 125 cm³/mol. The molecule has 7 nitrogen and oxygen atoms in total. The van der Waals surface area contributed by atoms with Crippen molar-refractivity contribution in [3.8, 4) is 17.2 Å². The molecule has 3 aromatic rings. The Morgan fingerprint density at radius 3 is 2.50 bits per heavy atom. The van der Waals surface area contributed by atoms with Crippen molar-refractivity contribution in [1.29, 1.82) is 0 Å². The number of amides is 1. The van der Waals surface area contributed by atoms with Gasteiger partial charge in [0.15, 0.2) is 11.5 Å². The summed E-state index contributed by atoms with van der Waals surface area (Å²) in [5.74, 6) is 0.415. The van der Waals surface area contributed by atoms with Crippen LogP contribution in [0, 0.1) is 0 Å². The van der Waals surface area contributed by atoms with Crippen molar-refractivity contribution in [2.45, 2.75) is 6.10 Å². The third-order valence-corrected chi connectivity index (χ3v) is 5.46. The number of benzene rings is 3. The van der Waals surface area contributed by atoms with Gasteiger partial charge in [0.1, 0.15) is 12.4 Å². The van der Waals surface area contributed by atoms with Crippen molar-refractivity contribution in [2.24, 2.45) is 5.10 Å². The fourth-order valence-electron chi connectivity index (χ4n) is 2.84. The first kappa shape index (κ1) is 22.0. The second-order valence-corrected chi connectivity index (χ2v) is 8.51. The van der Waals surface area contributed by atoms with Crippen molar-refractivity contribution >= 4 is 50.0 Å². The van der Waals surface area contributed by atoms with Crippen LogP contribution in [0.15, 0.2) is 80.8 Å². The van der Waals surface area contributed by atoms with Gasteiger partial charge in [-0.05, 0) is 54.6 Å². The highest BCUT2D eigenvalue weighted by Crippen LogP contribution is 2.30. The third-order valence-electron chi connectivity index (χ3n) is 4.43. The minimum atomic E-state index is -0.834. The monoisotopic (exact) mass is 558 g/mol. The van der Waals surface area contributed by atoms with Gasteiger partial charge in [-0.25, -0.2) is 10.2 Å². The van der Waals surface area contributed by atoms with Crippen LogP contribution in [0.2, 0.25) is 0 Å². The molecule has 1 atom stereocenters. The van der Waals surface area contributed by atoms with Crippen LogP contribution in [0.1, 0.15) is 15.9 Å². The Labute approximate surface area is 200 Å². The molecule has 0 aromatic heterocycles. The lowest BCUT2D eigenvalue weighted by molar-refractivity contribution is -0.130. The molecule has 1 unspecified atom stereocenters. The van der Waals surface area contributed by atoms with Crippen LogP contribution in [0.4, 0.5) is 0 Å². The summed E-state index contributed by atoms with van der Waals surface area (Å²) in [5, 5.41) is 3.99.